The maximum absolute atomic E-state index is 12.4. The van der Waals surface area contributed by atoms with E-state index < -0.39 is 10.0 Å². The highest BCUT2D eigenvalue weighted by Gasteiger charge is 2.16. The van der Waals surface area contributed by atoms with Crippen molar-refractivity contribution in [3.63, 3.8) is 0 Å². The lowest BCUT2D eigenvalue weighted by Crippen LogP contribution is -2.26. The summed E-state index contributed by atoms with van der Waals surface area (Å²) in [7, 11) is -3.40. The van der Waals surface area contributed by atoms with Crippen LogP contribution >= 0.6 is 0 Å². The molecule has 0 bridgehead atoms. The number of aryl methyl sites for hydroxylation is 1. The highest BCUT2D eigenvalue weighted by Crippen LogP contribution is 2.17. The molecule has 0 heterocycles. The zero-order valence-electron chi connectivity index (χ0n) is 13.4. The lowest BCUT2D eigenvalue weighted by Gasteiger charge is -2.11. The molecule has 0 saturated carbocycles. The van der Waals surface area contributed by atoms with Crippen LogP contribution in [0.3, 0.4) is 0 Å². The largest absolute Gasteiger partial charge is 0.313 e. The van der Waals surface area contributed by atoms with E-state index >= 15 is 0 Å². The van der Waals surface area contributed by atoms with Crippen molar-refractivity contribution in [1.29, 1.82) is 0 Å². The lowest BCUT2D eigenvalue weighted by molar-refractivity contribution is 0.575. The van der Waals surface area contributed by atoms with Gasteiger partial charge in [0.05, 0.1) is 4.90 Å². The molecule has 1 rings (SSSR count). The normalized spacial score (nSPS) is 11.8. The van der Waals surface area contributed by atoms with Gasteiger partial charge >= 0.3 is 0 Å². The first-order chi connectivity index (χ1) is 10.0. The molecule has 120 valence electrons. The fraction of sp³-hybridized carbons (Fsp3) is 0.625. The second kappa shape index (κ2) is 9.18. The number of rotatable bonds is 10. The summed E-state index contributed by atoms with van der Waals surface area (Å²) in [6, 6.07) is 5.64. The molecule has 5 heteroatoms. The molecule has 0 fully saturated rings. The molecular formula is C16H28N2O2S. The van der Waals surface area contributed by atoms with E-state index in [-0.39, 0.29) is 0 Å². The van der Waals surface area contributed by atoms with Gasteiger partial charge in [0.15, 0.2) is 0 Å². The van der Waals surface area contributed by atoms with Crippen LogP contribution in [0.25, 0.3) is 0 Å². The van der Waals surface area contributed by atoms with Gasteiger partial charge in [0.1, 0.15) is 0 Å². The summed E-state index contributed by atoms with van der Waals surface area (Å²) in [5.41, 5.74) is 1.79. The van der Waals surface area contributed by atoms with Crippen LogP contribution in [0.4, 0.5) is 0 Å². The van der Waals surface area contributed by atoms with Crippen LogP contribution in [0, 0.1) is 6.92 Å². The summed E-state index contributed by atoms with van der Waals surface area (Å²) in [5.74, 6) is 0. The first-order valence-corrected chi connectivity index (χ1v) is 9.29. The number of hydrogen-bond acceptors (Lipinski definition) is 3. The lowest BCUT2D eigenvalue weighted by atomic mass is 10.1. The van der Waals surface area contributed by atoms with Gasteiger partial charge in [0, 0.05) is 13.1 Å². The van der Waals surface area contributed by atoms with Crippen molar-refractivity contribution >= 4 is 10.0 Å². The molecule has 2 N–H and O–H groups in total. The van der Waals surface area contributed by atoms with Gasteiger partial charge in [-0.15, -0.1) is 0 Å². The summed E-state index contributed by atoms with van der Waals surface area (Å²) >= 11 is 0. The van der Waals surface area contributed by atoms with Gasteiger partial charge in [-0.3, -0.25) is 0 Å². The number of hydrogen-bond donors (Lipinski definition) is 2. The van der Waals surface area contributed by atoms with Crippen LogP contribution in [0.5, 0.6) is 0 Å². The predicted molar refractivity (Wildman–Crippen MR) is 87.9 cm³/mol. The van der Waals surface area contributed by atoms with Crippen molar-refractivity contribution in [2.24, 2.45) is 0 Å². The fourth-order valence-corrected chi connectivity index (χ4v) is 3.48. The Kier molecular flexibility index (Phi) is 7.93. The molecule has 0 aliphatic heterocycles. The van der Waals surface area contributed by atoms with E-state index in [9.17, 15) is 8.42 Å². The van der Waals surface area contributed by atoms with E-state index in [0.717, 1.165) is 43.4 Å². The quantitative estimate of drug-likeness (QED) is 0.653. The van der Waals surface area contributed by atoms with Crippen molar-refractivity contribution < 1.29 is 8.42 Å². The van der Waals surface area contributed by atoms with E-state index in [2.05, 4.69) is 23.9 Å². The van der Waals surface area contributed by atoms with Gasteiger partial charge < -0.3 is 5.32 Å². The van der Waals surface area contributed by atoms with Crippen molar-refractivity contribution in [2.75, 3.05) is 13.1 Å². The van der Waals surface area contributed by atoms with E-state index in [1.165, 1.54) is 0 Å². The average Bonchev–Trinajstić information content (AvgIpc) is 2.45. The minimum atomic E-state index is -3.40. The molecule has 1 aromatic carbocycles. The molecule has 0 radical (unpaired) electrons. The van der Waals surface area contributed by atoms with Crippen molar-refractivity contribution in [3.8, 4) is 0 Å². The van der Waals surface area contributed by atoms with Gasteiger partial charge in [0.2, 0.25) is 10.0 Å². The van der Waals surface area contributed by atoms with Gasteiger partial charge in [-0.25, -0.2) is 13.1 Å². The number of sulfonamides is 1. The molecule has 0 atom stereocenters. The fourth-order valence-electron chi connectivity index (χ4n) is 2.11. The number of benzene rings is 1. The zero-order valence-corrected chi connectivity index (χ0v) is 14.2. The Hall–Kier alpha value is -0.910. The molecule has 21 heavy (non-hydrogen) atoms. The molecule has 0 saturated heterocycles. The van der Waals surface area contributed by atoms with Crippen LogP contribution < -0.4 is 10.0 Å². The molecule has 0 amide bonds. The molecule has 1 aromatic rings. The Bertz CT molecular complexity index is 527. The van der Waals surface area contributed by atoms with Gasteiger partial charge in [-0.05, 0) is 43.5 Å². The van der Waals surface area contributed by atoms with Crippen molar-refractivity contribution in [1.82, 2.24) is 10.0 Å². The van der Waals surface area contributed by atoms with E-state index in [4.69, 9.17) is 0 Å². The third kappa shape index (κ3) is 6.16. The Labute approximate surface area is 129 Å². The number of nitrogens with one attached hydrogen (secondary N) is 2. The van der Waals surface area contributed by atoms with Crippen molar-refractivity contribution in [2.45, 2.75) is 57.9 Å². The summed E-state index contributed by atoms with van der Waals surface area (Å²) < 4.78 is 27.4. The Morgan fingerprint density at radius 3 is 2.48 bits per heavy atom. The van der Waals surface area contributed by atoms with Crippen LogP contribution in [-0.2, 0) is 16.6 Å². The summed E-state index contributed by atoms with van der Waals surface area (Å²) in [6.45, 7) is 8.19. The topological polar surface area (TPSA) is 58.2 Å². The molecule has 0 aromatic heterocycles. The standard InChI is InChI=1S/C16H28N2O2S/c1-4-6-7-11-18-21(19,20)16-12-15(9-8-14(16)3)13-17-10-5-2/h8-9,12,17-18H,4-7,10-11,13H2,1-3H3. The maximum Gasteiger partial charge on any atom is 0.240 e. The molecule has 0 unspecified atom stereocenters. The number of unbranched alkanes of at least 4 members (excludes halogenated alkanes) is 2. The Morgan fingerprint density at radius 2 is 1.81 bits per heavy atom. The SMILES string of the molecule is CCCCCNS(=O)(=O)c1cc(CNCCC)ccc1C. The van der Waals surface area contributed by atoms with Crippen LogP contribution in [0.15, 0.2) is 23.1 Å². The molecule has 0 aliphatic carbocycles. The highest BCUT2D eigenvalue weighted by atomic mass is 32.2. The Morgan fingerprint density at radius 1 is 1.05 bits per heavy atom. The summed E-state index contributed by atoms with van der Waals surface area (Å²) in [6.07, 6.45) is 4.07. The third-order valence-corrected chi connectivity index (χ3v) is 4.97. The second-order valence-corrected chi connectivity index (χ2v) is 7.12. The summed E-state index contributed by atoms with van der Waals surface area (Å²) in [4.78, 5) is 0.398. The van der Waals surface area contributed by atoms with Gasteiger partial charge in [-0.2, -0.15) is 0 Å². The third-order valence-electron chi connectivity index (χ3n) is 3.37. The summed E-state index contributed by atoms with van der Waals surface area (Å²) in [5, 5.41) is 3.29. The predicted octanol–water partition coefficient (Wildman–Crippen LogP) is 2.96. The van der Waals surface area contributed by atoms with Gasteiger partial charge in [-0.1, -0.05) is 38.8 Å². The molecular weight excluding hydrogens is 284 g/mol. The first kappa shape index (κ1) is 18.1. The Balaban J connectivity index is 2.77. The minimum Gasteiger partial charge on any atom is -0.313 e. The van der Waals surface area contributed by atoms with Crippen LogP contribution in [0.1, 0.15) is 50.7 Å². The highest BCUT2D eigenvalue weighted by molar-refractivity contribution is 7.89. The van der Waals surface area contributed by atoms with Crippen molar-refractivity contribution in [3.05, 3.63) is 29.3 Å². The van der Waals surface area contributed by atoms with Crippen LogP contribution in [0.2, 0.25) is 0 Å². The molecule has 0 spiro atoms. The van der Waals surface area contributed by atoms with Crippen LogP contribution in [-0.4, -0.2) is 21.5 Å². The molecule has 4 nitrogen and oxygen atoms in total. The minimum absolute atomic E-state index is 0.398. The van der Waals surface area contributed by atoms with E-state index in [0.29, 0.717) is 18.0 Å². The molecule has 0 aliphatic rings. The van der Waals surface area contributed by atoms with Gasteiger partial charge in [0.25, 0.3) is 0 Å². The maximum atomic E-state index is 12.4. The first-order valence-electron chi connectivity index (χ1n) is 7.81. The smallest absolute Gasteiger partial charge is 0.240 e. The zero-order chi connectivity index (χ0) is 15.7. The van der Waals surface area contributed by atoms with E-state index in [1.807, 2.05) is 19.1 Å². The monoisotopic (exact) mass is 312 g/mol. The average molecular weight is 312 g/mol. The van der Waals surface area contributed by atoms with E-state index in [1.54, 1.807) is 6.07 Å². The second-order valence-electron chi connectivity index (χ2n) is 5.38.